The number of hydrazine groups is 2. The van der Waals surface area contributed by atoms with Crippen molar-refractivity contribution in [1.82, 2.24) is 5.53 Å². The van der Waals surface area contributed by atoms with Crippen molar-refractivity contribution in [3.63, 3.8) is 0 Å². The molecule has 0 atom stereocenters. The Hall–Kier alpha value is -0.120. The van der Waals surface area contributed by atoms with Gasteiger partial charge in [-0.1, -0.05) is 20.3 Å². The number of nitrogens with two attached hydrogens (primary N) is 2. The third-order valence-corrected chi connectivity index (χ3v) is 0. The molecule has 0 aromatic heterocycles. The second kappa shape index (κ2) is 20.8. The van der Waals surface area contributed by atoms with Crippen LogP contribution in [-0.4, -0.2) is 0 Å². The first kappa shape index (κ1) is 9.30. The maximum Gasteiger partial charge on any atom is -0.0590 e. The van der Waals surface area contributed by atoms with Gasteiger partial charge < -0.3 is 0 Å². The zero-order valence-electron chi connectivity index (χ0n) is 4.36. The molecule has 0 aliphatic rings. The number of nitrogens with one attached hydrogen (secondary N) is 1. The molecule has 0 radical (unpaired) electrons. The summed E-state index contributed by atoms with van der Waals surface area (Å²) in [7, 11) is 0. The van der Waals surface area contributed by atoms with Crippen LogP contribution < -0.4 is 17.2 Å². The average molecular weight is 91.2 g/mol. The van der Waals surface area contributed by atoms with Crippen LogP contribution in [0.2, 0.25) is 0 Å². The van der Waals surface area contributed by atoms with E-state index in [2.05, 4.69) is 25.5 Å². The number of rotatable bonds is 0. The Bertz CT molecular complexity index is 8.00. The fraction of sp³-hybridized carbons (Fsp3) is 1.00. The highest BCUT2D eigenvalue weighted by Crippen LogP contribution is 1.56. The first-order valence-electron chi connectivity index (χ1n) is 1.99. The molecule has 0 saturated carbocycles. The highest BCUT2D eigenvalue weighted by atomic mass is 15.4. The van der Waals surface area contributed by atoms with Gasteiger partial charge in [0.05, 0.1) is 0 Å². The minimum absolute atomic E-state index is 1.25. The smallest absolute Gasteiger partial charge is 0.0590 e. The van der Waals surface area contributed by atoms with Crippen LogP contribution in [-0.2, 0) is 0 Å². The second-order valence-corrected chi connectivity index (χ2v) is 0.874. The van der Waals surface area contributed by atoms with E-state index in [9.17, 15) is 0 Å². The van der Waals surface area contributed by atoms with Crippen molar-refractivity contribution in [3.8, 4) is 0 Å². The molecule has 0 aromatic carbocycles. The summed E-state index contributed by atoms with van der Waals surface area (Å²) in [6.07, 6.45) is 1.25. The molecule has 0 heterocycles. The molecule has 0 aliphatic carbocycles. The number of hydrogen-bond donors (Lipinski definition) is 3. The molecule has 0 aliphatic heterocycles. The summed E-state index contributed by atoms with van der Waals surface area (Å²) in [6, 6.07) is 0. The van der Waals surface area contributed by atoms with Crippen molar-refractivity contribution in [2.45, 2.75) is 20.3 Å². The van der Waals surface area contributed by atoms with Crippen molar-refractivity contribution in [2.75, 3.05) is 0 Å². The van der Waals surface area contributed by atoms with Crippen LogP contribution in [0.5, 0.6) is 0 Å². The van der Waals surface area contributed by atoms with Crippen LogP contribution >= 0.6 is 0 Å². The zero-order valence-corrected chi connectivity index (χ0v) is 4.36. The Morgan fingerprint density at radius 2 is 1.33 bits per heavy atom. The Balaban J connectivity index is 0. The van der Waals surface area contributed by atoms with Crippen LogP contribution in [0.1, 0.15) is 20.3 Å². The molecule has 0 unspecified atom stereocenters. The monoisotopic (exact) mass is 91.1 g/mol. The normalized spacial score (nSPS) is 6.00. The molecule has 0 amide bonds. The first-order chi connectivity index (χ1) is 2.83. The molecule has 0 fully saturated rings. The van der Waals surface area contributed by atoms with Crippen molar-refractivity contribution in [2.24, 2.45) is 11.7 Å². The second-order valence-electron chi connectivity index (χ2n) is 0.874. The SMILES string of the molecule is CCC.NNN. The molecule has 40 valence electrons. The maximum absolute atomic E-state index is 4.38. The van der Waals surface area contributed by atoms with E-state index in [1.807, 2.05) is 0 Å². The molecule has 0 rings (SSSR count). The van der Waals surface area contributed by atoms with E-state index < -0.39 is 0 Å². The molecule has 3 heteroatoms. The largest absolute Gasteiger partial charge is 0.258 e. The lowest BCUT2D eigenvalue weighted by Crippen LogP contribution is -2.29. The van der Waals surface area contributed by atoms with Gasteiger partial charge in [0.15, 0.2) is 0 Å². The van der Waals surface area contributed by atoms with Crippen LogP contribution in [0.15, 0.2) is 0 Å². The van der Waals surface area contributed by atoms with Crippen LogP contribution in [0, 0.1) is 0 Å². The lowest BCUT2D eigenvalue weighted by atomic mass is 10.6. The minimum atomic E-state index is 1.25. The van der Waals surface area contributed by atoms with E-state index in [0.29, 0.717) is 0 Å². The maximum atomic E-state index is 4.38. The predicted molar refractivity (Wildman–Crippen MR) is 27.5 cm³/mol. The van der Waals surface area contributed by atoms with E-state index in [1.165, 1.54) is 6.42 Å². The molecular formula is C3H13N3. The standard InChI is InChI=1S/C3H8.H5N3/c2*1-3-2/h3H2,1-2H3;3H,1-2H2. The lowest BCUT2D eigenvalue weighted by molar-refractivity contribution is 0.803. The van der Waals surface area contributed by atoms with E-state index in [0.717, 1.165) is 0 Å². The average Bonchev–Trinajstić information content (AvgIpc) is 1.39. The van der Waals surface area contributed by atoms with Crippen molar-refractivity contribution < 1.29 is 0 Å². The van der Waals surface area contributed by atoms with Crippen LogP contribution in [0.4, 0.5) is 0 Å². The molecule has 0 saturated heterocycles. The van der Waals surface area contributed by atoms with Gasteiger partial charge >= 0.3 is 0 Å². The highest BCUT2D eigenvalue weighted by Gasteiger charge is 1.35. The zero-order chi connectivity index (χ0) is 5.41. The Kier molecular flexibility index (Phi) is 32.2. The van der Waals surface area contributed by atoms with E-state index in [1.54, 1.807) is 5.53 Å². The van der Waals surface area contributed by atoms with Gasteiger partial charge in [-0.2, -0.15) is 5.53 Å². The van der Waals surface area contributed by atoms with Crippen molar-refractivity contribution >= 4 is 0 Å². The van der Waals surface area contributed by atoms with E-state index in [4.69, 9.17) is 0 Å². The molecule has 6 heavy (non-hydrogen) atoms. The third-order valence-electron chi connectivity index (χ3n) is 0. The lowest BCUT2D eigenvalue weighted by Gasteiger charge is -1.64. The van der Waals surface area contributed by atoms with Gasteiger partial charge in [-0.25, -0.2) is 0 Å². The molecule has 0 bridgehead atoms. The molecule has 5 N–H and O–H groups in total. The van der Waals surface area contributed by atoms with Crippen LogP contribution in [0.25, 0.3) is 0 Å². The highest BCUT2D eigenvalue weighted by molar-refractivity contribution is 3.92. The Labute approximate surface area is 38.6 Å². The number of hydrogen-bond acceptors (Lipinski definition) is 3. The van der Waals surface area contributed by atoms with Gasteiger partial charge in [-0.3, -0.25) is 11.7 Å². The van der Waals surface area contributed by atoms with Gasteiger partial charge in [0.2, 0.25) is 0 Å². The Morgan fingerprint density at radius 1 is 1.33 bits per heavy atom. The van der Waals surface area contributed by atoms with Gasteiger partial charge in [-0.05, 0) is 0 Å². The van der Waals surface area contributed by atoms with Gasteiger partial charge in [0.25, 0.3) is 0 Å². The fourth-order valence-corrected chi connectivity index (χ4v) is 0. The predicted octanol–water partition coefficient (Wildman–Crippen LogP) is -0.260. The van der Waals surface area contributed by atoms with Crippen molar-refractivity contribution in [3.05, 3.63) is 0 Å². The van der Waals surface area contributed by atoms with Gasteiger partial charge in [-0.15, -0.1) is 0 Å². The summed E-state index contributed by atoms with van der Waals surface area (Å²) in [5.74, 6) is 8.75. The molecule has 3 nitrogen and oxygen atoms in total. The topological polar surface area (TPSA) is 64.1 Å². The summed E-state index contributed by atoms with van der Waals surface area (Å²) in [5, 5.41) is 0. The summed E-state index contributed by atoms with van der Waals surface area (Å²) < 4.78 is 0. The molecule has 0 spiro atoms. The summed E-state index contributed by atoms with van der Waals surface area (Å²) >= 11 is 0. The summed E-state index contributed by atoms with van der Waals surface area (Å²) in [6.45, 7) is 4.25. The van der Waals surface area contributed by atoms with Gasteiger partial charge in [0, 0.05) is 0 Å². The van der Waals surface area contributed by atoms with Crippen molar-refractivity contribution in [1.29, 1.82) is 0 Å². The summed E-state index contributed by atoms with van der Waals surface area (Å²) in [4.78, 5) is 0. The fourth-order valence-electron chi connectivity index (χ4n) is 0. The summed E-state index contributed by atoms with van der Waals surface area (Å²) in [5.41, 5.74) is 1.75. The quantitative estimate of drug-likeness (QED) is 0.284. The van der Waals surface area contributed by atoms with Crippen LogP contribution in [0.3, 0.4) is 0 Å². The molecular weight excluding hydrogens is 78.1 g/mol. The Morgan fingerprint density at radius 3 is 1.33 bits per heavy atom. The first-order valence-corrected chi connectivity index (χ1v) is 1.99. The third kappa shape index (κ3) is 2230. The van der Waals surface area contributed by atoms with Gasteiger partial charge in [0.1, 0.15) is 0 Å². The van der Waals surface area contributed by atoms with E-state index >= 15 is 0 Å². The van der Waals surface area contributed by atoms with E-state index in [-0.39, 0.29) is 0 Å². The minimum Gasteiger partial charge on any atom is -0.258 e. The molecule has 0 aromatic rings.